The molecule has 0 unspecified atom stereocenters. The molecule has 100 valence electrons. The van der Waals surface area contributed by atoms with Gasteiger partial charge in [-0.05, 0) is 23.6 Å². The minimum Gasteiger partial charge on any atom is -0.395 e. The Labute approximate surface area is 122 Å². The zero-order valence-electron chi connectivity index (χ0n) is 10.7. The Kier molecular flexibility index (Phi) is 5.58. The number of hydrogen-bond acceptors (Lipinski definition) is 2. The average molecular weight is 320 g/mol. The van der Waals surface area contributed by atoms with Gasteiger partial charge in [-0.1, -0.05) is 64.5 Å². The second kappa shape index (κ2) is 7.43. The highest BCUT2D eigenvalue weighted by Crippen LogP contribution is 2.15. The van der Waals surface area contributed by atoms with Crippen molar-refractivity contribution in [1.29, 1.82) is 0 Å². The van der Waals surface area contributed by atoms with E-state index >= 15 is 0 Å². The SMILES string of the molecule is OC[C@@H](Cc1ccccc1)NCc1ccccc1Br. The summed E-state index contributed by atoms with van der Waals surface area (Å²) in [5.41, 5.74) is 2.44. The predicted octanol–water partition coefficient (Wildman–Crippen LogP) is 3.14. The normalized spacial score (nSPS) is 12.3. The van der Waals surface area contributed by atoms with E-state index in [2.05, 4.69) is 39.4 Å². The summed E-state index contributed by atoms with van der Waals surface area (Å²) in [6.07, 6.45) is 0.835. The molecular weight excluding hydrogens is 302 g/mol. The Bertz CT molecular complexity index is 501. The van der Waals surface area contributed by atoms with Gasteiger partial charge in [0.25, 0.3) is 0 Å². The van der Waals surface area contributed by atoms with Crippen LogP contribution in [0.4, 0.5) is 0 Å². The summed E-state index contributed by atoms with van der Waals surface area (Å²) in [4.78, 5) is 0. The minimum atomic E-state index is 0.0782. The molecule has 0 radical (unpaired) electrons. The van der Waals surface area contributed by atoms with Gasteiger partial charge in [-0.15, -0.1) is 0 Å². The maximum atomic E-state index is 9.46. The van der Waals surface area contributed by atoms with Crippen LogP contribution in [0.25, 0.3) is 0 Å². The molecular formula is C16H18BrNO. The Morgan fingerprint density at radius 2 is 1.68 bits per heavy atom. The Balaban J connectivity index is 1.91. The summed E-state index contributed by atoms with van der Waals surface area (Å²) >= 11 is 3.53. The number of benzene rings is 2. The van der Waals surface area contributed by atoms with E-state index in [-0.39, 0.29) is 12.6 Å². The van der Waals surface area contributed by atoms with E-state index in [0.717, 1.165) is 17.4 Å². The predicted molar refractivity (Wildman–Crippen MR) is 82.0 cm³/mol. The van der Waals surface area contributed by atoms with Gasteiger partial charge in [0, 0.05) is 17.1 Å². The van der Waals surface area contributed by atoms with Crippen LogP contribution in [0.5, 0.6) is 0 Å². The standard InChI is InChI=1S/C16H18BrNO/c17-16-9-5-4-8-14(16)11-18-15(12-19)10-13-6-2-1-3-7-13/h1-9,15,18-19H,10-12H2/t15-/m1/s1. The summed E-state index contributed by atoms with van der Waals surface area (Å²) in [5, 5.41) is 12.9. The van der Waals surface area contributed by atoms with Gasteiger partial charge >= 0.3 is 0 Å². The van der Waals surface area contributed by atoms with Gasteiger partial charge in [0.15, 0.2) is 0 Å². The molecule has 0 spiro atoms. The van der Waals surface area contributed by atoms with Gasteiger partial charge in [-0.2, -0.15) is 0 Å². The molecule has 0 aliphatic carbocycles. The summed E-state index contributed by atoms with van der Waals surface area (Å²) < 4.78 is 1.10. The summed E-state index contributed by atoms with van der Waals surface area (Å²) in [6.45, 7) is 0.888. The first-order valence-electron chi connectivity index (χ1n) is 6.41. The van der Waals surface area contributed by atoms with Gasteiger partial charge in [0.2, 0.25) is 0 Å². The summed E-state index contributed by atoms with van der Waals surface area (Å²) in [6, 6.07) is 18.4. The molecule has 2 nitrogen and oxygen atoms in total. The lowest BCUT2D eigenvalue weighted by molar-refractivity contribution is 0.240. The Morgan fingerprint density at radius 3 is 2.37 bits per heavy atom. The van der Waals surface area contributed by atoms with Gasteiger partial charge in [-0.3, -0.25) is 0 Å². The number of nitrogens with one attached hydrogen (secondary N) is 1. The fraction of sp³-hybridized carbons (Fsp3) is 0.250. The van der Waals surface area contributed by atoms with E-state index in [0.29, 0.717) is 0 Å². The molecule has 2 aromatic carbocycles. The lowest BCUT2D eigenvalue weighted by atomic mass is 10.1. The van der Waals surface area contributed by atoms with Crippen LogP contribution < -0.4 is 5.32 Å². The van der Waals surface area contributed by atoms with Gasteiger partial charge in [0.1, 0.15) is 0 Å². The third-order valence-electron chi connectivity index (χ3n) is 3.08. The van der Waals surface area contributed by atoms with Gasteiger partial charge in [-0.25, -0.2) is 0 Å². The van der Waals surface area contributed by atoms with Crippen molar-refractivity contribution in [1.82, 2.24) is 5.32 Å². The van der Waals surface area contributed by atoms with Crippen LogP contribution in [-0.4, -0.2) is 17.8 Å². The highest BCUT2D eigenvalue weighted by Gasteiger charge is 2.08. The minimum absolute atomic E-state index is 0.0782. The molecule has 0 amide bonds. The van der Waals surface area contributed by atoms with Gasteiger partial charge in [0.05, 0.1) is 6.61 Å². The Hall–Kier alpha value is -1.16. The van der Waals surface area contributed by atoms with Gasteiger partial charge < -0.3 is 10.4 Å². The lowest BCUT2D eigenvalue weighted by Crippen LogP contribution is -2.34. The van der Waals surface area contributed by atoms with Crippen molar-refractivity contribution in [3.8, 4) is 0 Å². The maximum absolute atomic E-state index is 9.46. The molecule has 0 fully saturated rings. The van der Waals surface area contributed by atoms with Crippen LogP contribution in [0.1, 0.15) is 11.1 Å². The van der Waals surface area contributed by atoms with E-state index in [1.807, 2.05) is 36.4 Å². The fourth-order valence-corrected chi connectivity index (χ4v) is 2.42. The first-order valence-corrected chi connectivity index (χ1v) is 7.20. The van der Waals surface area contributed by atoms with E-state index in [1.165, 1.54) is 11.1 Å². The largest absolute Gasteiger partial charge is 0.395 e. The van der Waals surface area contributed by atoms with Crippen LogP contribution >= 0.6 is 15.9 Å². The first kappa shape index (κ1) is 14.3. The zero-order valence-corrected chi connectivity index (χ0v) is 12.3. The molecule has 1 atom stereocenters. The Morgan fingerprint density at radius 1 is 1.00 bits per heavy atom. The molecule has 2 rings (SSSR count). The number of halogens is 1. The third kappa shape index (κ3) is 4.46. The molecule has 0 aliphatic heterocycles. The number of rotatable bonds is 6. The first-order chi connectivity index (χ1) is 9.29. The molecule has 19 heavy (non-hydrogen) atoms. The molecule has 0 saturated heterocycles. The molecule has 2 aromatic rings. The van der Waals surface area contributed by atoms with Crippen molar-refractivity contribution in [2.45, 2.75) is 19.0 Å². The van der Waals surface area contributed by atoms with Crippen LogP contribution in [0.2, 0.25) is 0 Å². The van der Waals surface area contributed by atoms with E-state index in [1.54, 1.807) is 0 Å². The smallest absolute Gasteiger partial charge is 0.0587 e. The molecule has 3 heteroatoms. The van der Waals surface area contributed by atoms with Crippen molar-refractivity contribution in [2.75, 3.05) is 6.61 Å². The molecule has 0 heterocycles. The molecule has 0 saturated carbocycles. The second-order valence-electron chi connectivity index (χ2n) is 4.54. The van der Waals surface area contributed by atoms with Crippen LogP contribution in [-0.2, 0) is 13.0 Å². The van der Waals surface area contributed by atoms with E-state index < -0.39 is 0 Å². The maximum Gasteiger partial charge on any atom is 0.0587 e. The lowest BCUT2D eigenvalue weighted by Gasteiger charge is -2.17. The van der Waals surface area contributed by atoms with Crippen molar-refractivity contribution >= 4 is 15.9 Å². The number of aliphatic hydroxyl groups excluding tert-OH is 1. The summed E-state index contributed by atoms with van der Waals surface area (Å²) in [5.74, 6) is 0. The number of hydrogen-bond donors (Lipinski definition) is 2. The second-order valence-corrected chi connectivity index (χ2v) is 5.40. The van der Waals surface area contributed by atoms with Crippen LogP contribution in [0, 0.1) is 0 Å². The highest BCUT2D eigenvalue weighted by atomic mass is 79.9. The van der Waals surface area contributed by atoms with Crippen molar-refractivity contribution in [3.63, 3.8) is 0 Å². The molecule has 0 aromatic heterocycles. The summed E-state index contributed by atoms with van der Waals surface area (Å²) in [7, 11) is 0. The quantitative estimate of drug-likeness (QED) is 0.857. The van der Waals surface area contributed by atoms with Crippen molar-refractivity contribution < 1.29 is 5.11 Å². The molecule has 0 bridgehead atoms. The van der Waals surface area contributed by atoms with Crippen LogP contribution in [0.15, 0.2) is 59.1 Å². The average Bonchev–Trinajstić information content (AvgIpc) is 2.46. The molecule has 0 aliphatic rings. The monoisotopic (exact) mass is 319 g/mol. The number of aliphatic hydroxyl groups is 1. The topological polar surface area (TPSA) is 32.3 Å². The van der Waals surface area contributed by atoms with Crippen LogP contribution in [0.3, 0.4) is 0 Å². The van der Waals surface area contributed by atoms with E-state index in [4.69, 9.17) is 0 Å². The fourth-order valence-electron chi connectivity index (χ4n) is 2.00. The molecule has 2 N–H and O–H groups in total. The highest BCUT2D eigenvalue weighted by molar-refractivity contribution is 9.10. The van der Waals surface area contributed by atoms with Crippen molar-refractivity contribution in [3.05, 3.63) is 70.2 Å². The zero-order chi connectivity index (χ0) is 13.5. The third-order valence-corrected chi connectivity index (χ3v) is 3.86. The van der Waals surface area contributed by atoms with Crippen molar-refractivity contribution in [2.24, 2.45) is 0 Å². The van der Waals surface area contributed by atoms with E-state index in [9.17, 15) is 5.11 Å².